The Kier molecular flexibility index (Phi) is 7.45. The Balaban J connectivity index is 2.14. The summed E-state index contributed by atoms with van der Waals surface area (Å²) in [6.45, 7) is 9.59. The zero-order valence-electron chi connectivity index (χ0n) is 17.2. The summed E-state index contributed by atoms with van der Waals surface area (Å²) in [6, 6.07) is 5.44. The standard InChI is InChI=1S/C21H32O7/c1-12(2)8-14-9-13(10-27-20(25)21(3,4)5)6-7-16(14)28-19-18(24)17(23)15(22)11-26-19/h6-7,9,12,15,17-19,22-24H,8,10-11H2,1-5H3/t15-,17+,18-,19+/m0/s1. The van der Waals surface area contributed by atoms with Crippen LogP contribution in [-0.4, -0.2) is 52.5 Å². The first-order valence-corrected chi connectivity index (χ1v) is 9.60. The van der Waals surface area contributed by atoms with Gasteiger partial charge < -0.3 is 29.5 Å². The fourth-order valence-corrected chi connectivity index (χ4v) is 2.81. The van der Waals surface area contributed by atoms with Gasteiger partial charge in [0.15, 0.2) is 0 Å². The number of carbonyl (C=O) groups excluding carboxylic acids is 1. The van der Waals surface area contributed by atoms with Crippen LogP contribution in [0.1, 0.15) is 45.7 Å². The van der Waals surface area contributed by atoms with Crippen LogP contribution in [0.2, 0.25) is 0 Å². The second kappa shape index (κ2) is 9.22. The number of carbonyl (C=O) groups is 1. The van der Waals surface area contributed by atoms with Crippen molar-refractivity contribution in [3.05, 3.63) is 29.3 Å². The van der Waals surface area contributed by atoms with E-state index in [1.54, 1.807) is 32.9 Å². The molecule has 28 heavy (non-hydrogen) atoms. The molecular weight excluding hydrogens is 364 g/mol. The van der Waals surface area contributed by atoms with Gasteiger partial charge in [-0.25, -0.2) is 0 Å². The Morgan fingerprint density at radius 1 is 1.21 bits per heavy atom. The minimum absolute atomic E-state index is 0.122. The number of hydrogen-bond acceptors (Lipinski definition) is 7. The molecule has 158 valence electrons. The number of hydrogen-bond donors (Lipinski definition) is 3. The number of ether oxygens (including phenoxy) is 3. The molecule has 3 N–H and O–H groups in total. The van der Waals surface area contributed by atoms with Gasteiger partial charge in [0.25, 0.3) is 0 Å². The molecule has 1 aromatic carbocycles. The van der Waals surface area contributed by atoms with Crippen molar-refractivity contribution in [3.8, 4) is 5.75 Å². The van der Waals surface area contributed by atoms with Gasteiger partial charge in [-0.2, -0.15) is 0 Å². The Hall–Kier alpha value is -1.67. The molecule has 7 nitrogen and oxygen atoms in total. The summed E-state index contributed by atoms with van der Waals surface area (Å²) in [5.74, 6) is 0.594. The average molecular weight is 396 g/mol. The molecule has 7 heteroatoms. The molecule has 0 radical (unpaired) electrons. The fourth-order valence-electron chi connectivity index (χ4n) is 2.81. The van der Waals surface area contributed by atoms with Crippen LogP contribution in [0, 0.1) is 11.3 Å². The summed E-state index contributed by atoms with van der Waals surface area (Å²) >= 11 is 0. The molecule has 0 amide bonds. The smallest absolute Gasteiger partial charge is 0.311 e. The van der Waals surface area contributed by atoms with E-state index in [0.29, 0.717) is 18.1 Å². The number of aliphatic hydroxyl groups is 3. The highest BCUT2D eigenvalue weighted by atomic mass is 16.7. The Morgan fingerprint density at radius 2 is 1.89 bits per heavy atom. The molecule has 1 heterocycles. The van der Waals surface area contributed by atoms with Crippen molar-refractivity contribution in [2.45, 2.75) is 72.2 Å². The average Bonchev–Trinajstić information content (AvgIpc) is 2.60. The van der Waals surface area contributed by atoms with Gasteiger partial charge in [-0.05, 0) is 56.4 Å². The van der Waals surface area contributed by atoms with Gasteiger partial charge in [-0.1, -0.05) is 19.9 Å². The van der Waals surface area contributed by atoms with E-state index in [9.17, 15) is 20.1 Å². The van der Waals surface area contributed by atoms with Crippen LogP contribution in [-0.2, 0) is 27.3 Å². The molecule has 0 spiro atoms. The molecule has 1 aliphatic heterocycles. The third-order valence-corrected chi connectivity index (χ3v) is 4.43. The molecule has 0 aromatic heterocycles. The van der Waals surface area contributed by atoms with Gasteiger partial charge in [0.05, 0.1) is 12.0 Å². The zero-order valence-corrected chi connectivity index (χ0v) is 17.2. The van der Waals surface area contributed by atoms with E-state index in [4.69, 9.17) is 14.2 Å². The van der Waals surface area contributed by atoms with E-state index in [1.165, 1.54) is 0 Å². The predicted octanol–water partition coefficient (Wildman–Crippen LogP) is 1.79. The number of benzene rings is 1. The van der Waals surface area contributed by atoms with Crippen molar-refractivity contribution >= 4 is 5.97 Å². The van der Waals surface area contributed by atoms with Crippen molar-refractivity contribution < 1.29 is 34.3 Å². The molecule has 2 rings (SSSR count). The lowest BCUT2D eigenvalue weighted by atomic mass is 9.97. The van der Waals surface area contributed by atoms with Gasteiger partial charge in [0.1, 0.15) is 30.7 Å². The van der Waals surface area contributed by atoms with E-state index in [1.807, 2.05) is 6.07 Å². The van der Waals surface area contributed by atoms with Gasteiger partial charge in [-0.15, -0.1) is 0 Å². The molecule has 0 unspecified atom stereocenters. The molecule has 1 aromatic rings. The minimum Gasteiger partial charge on any atom is -0.462 e. The lowest BCUT2D eigenvalue weighted by Crippen LogP contribution is -2.54. The monoisotopic (exact) mass is 396 g/mol. The highest BCUT2D eigenvalue weighted by molar-refractivity contribution is 5.75. The highest BCUT2D eigenvalue weighted by Gasteiger charge is 2.39. The molecule has 4 atom stereocenters. The van der Waals surface area contributed by atoms with Crippen LogP contribution in [0.5, 0.6) is 5.75 Å². The molecular formula is C21H32O7. The quantitative estimate of drug-likeness (QED) is 0.630. The zero-order chi connectivity index (χ0) is 21.1. The summed E-state index contributed by atoms with van der Waals surface area (Å²) < 4.78 is 16.5. The van der Waals surface area contributed by atoms with E-state index in [2.05, 4.69) is 13.8 Å². The van der Waals surface area contributed by atoms with E-state index < -0.39 is 30.0 Å². The summed E-state index contributed by atoms with van der Waals surface area (Å²) in [7, 11) is 0. The molecule has 0 aliphatic carbocycles. The highest BCUT2D eigenvalue weighted by Crippen LogP contribution is 2.28. The van der Waals surface area contributed by atoms with Crippen molar-refractivity contribution in [1.82, 2.24) is 0 Å². The van der Waals surface area contributed by atoms with Crippen molar-refractivity contribution in [2.24, 2.45) is 11.3 Å². The van der Waals surface area contributed by atoms with Gasteiger partial charge >= 0.3 is 5.97 Å². The topological polar surface area (TPSA) is 105 Å². The van der Waals surface area contributed by atoms with Crippen LogP contribution in [0.25, 0.3) is 0 Å². The number of aliphatic hydroxyl groups excluding tert-OH is 3. The lowest BCUT2D eigenvalue weighted by Gasteiger charge is -2.35. The van der Waals surface area contributed by atoms with E-state index in [-0.39, 0.29) is 19.2 Å². The maximum absolute atomic E-state index is 12.0. The second-order valence-corrected chi connectivity index (χ2v) is 8.73. The molecule has 1 saturated heterocycles. The fraction of sp³-hybridized carbons (Fsp3) is 0.667. The first-order chi connectivity index (χ1) is 13.0. The second-order valence-electron chi connectivity index (χ2n) is 8.73. The Morgan fingerprint density at radius 3 is 2.50 bits per heavy atom. The third-order valence-electron chi connectivity index (χ3n) is 4.43. The van der Waals surface area contributed by atoms with E-state index in [0.717, 1.165) is 11.1 Å². The molecule has 1 aliphatic rings. The third kappa shape index (κ3) is 5.91. The van der Waals surface area contributed by atoms with Crippen LogP contribution in [0.3, 0.4) is 0 Å². The van der Waals surface area contributed by atoms with Gasteiger partial charge in [-0.3, -0.25) is 4.79 Å². The summed E-state index contributed by atoms with van der Waals surface area (Å²) in [6.07, 6.45) is -4.20. The number of esters is 1. The van der Waals surface area contributed by atoms with Crippen LogP contribution in [0.4, 0.5) is 0 Å². The summed E-state index contributed by atoms with van der Waals surface area (Å²) in [4.78, 5) is 12.0. The maximum atomic E-state index is 12.0. The van der Waals surface area contributed by atoms with Crippen molar-refractivity contribution in [1.29, 1.82) is 0 Å². The molecule has 1 fully saturated rings. The van der Waals surface area contributed by atoms with Crippen LogP contribution >= 0.6 is 0 Å². The van der Waals surface area contributed by atoms with Crippen LogP contribution in [0.15, 0.2) is 18.2 Å². The SMILES string of the molecule is CC(C)Cc1cc(COC(=O)C(C)(C)C)ccc1O[C@H]1OC[C@H](O)[C@@H](O)[C@@H]1O. The first kappa shape index (κ1) is 22.6. The largest absolute Gasteiger partial charge is 0.462 e. The van der Waals surface area contributed by atoms with E-state index >= 15 is 0 Å². The summed E-state index contributed by atoms with van der Waals surface area (Å²) in [5.41, 5.74) is 1.15. The summed E-state index contributed by atoms with van der Waals surface area (Å²) in [5, 5.41) is 29.5. The number of rotatable bonds is 6. The molecule has 0 bridgehead atoms. The van der Waals surface area contributed by atoms with Crippen molar-refractivity contribution in [2.75, 3.05) is 6.61 Å². The minimum atomic E-state index is -1.36. The molecule has 0 saturated carbocycles. The normalized spacial score (nSPS) is 25.6. The maximum Gasteiger partial charge on any atom is 0.311 e. The van der Waals surface area contributed by atoms with Crippen molar-refractivity contribution in [3.63, 3.8) is 0 Å². The predicted molar refractivity (Wildman–Crippen MR) is 103 cm³/mol. The van der Waals surface area contributed by atoms with Gasteiger partial charge in [0.2, 0.25) is 6.29 Å². The Labute approximate surface area is 166 Å². The van der Waals surface area contributed by atoms with Gasteiger partial charge in [0, 0.05) is 0 Å². The Bertz CT molecular complexity index is 665. The lowest BCUT2D eigenvalue weighted by molar-refractivity contribution is -0.242. The first-order valence-electron chi connectivity index (χ1n) is 9.60. The van der Waals surface area contributed by atoms with Crippen LogP contribution < -0.4 is 4.74 Å².